The van der Waals surface area contributed by atoms with Crippen molar-refractivity contribution in [3.05, 3.63) is 20.8 Å². The van der Waals surface area contributed by atoms with E-state index in [0.717, 1.165) is 41.6 Å². The maximum Gasteiger partial charge on any atom is 0.254 e. The molecule has 0 aliphatic carbocycles. The van der Waals surface area contributed by atoms with Crippen molar-refractivity contribution in [1.82, 2.24) is 4.90 Å². The SMILES string of the molecule is CC(=O)CC1CCCCCN1C(=O)c1csc(Br)c1. The molecule has 1 aromatic heterocycles. The maximum atomic E-state index is 12.6. The number of nitrogens with zero attached hydrogens (tertiary/aromatic N) is 1. The van der Waals surface area contributed by atoms with Crippen LogP contribution < -0.4 is 0 Å². The van der Waals surface area contributed by atoms with Gasteiger partial charge in [0.15, 0.2) is 0 Å². The second-order valence-electron chi connectivity index (χ2n) is 5.05. The van der Waals surface area contributed by atoms with E-state index >= 15 is 0 Å². The summed E-state index contributed by atoms with van der Waals surface area (Å²) in [6, 6.07) is 1.94. The van der Waals surface area contributed by atoms with Gasteiger partial charge in [-0.2, -0.15) is 0 Å². The Balaban J connectivity index is 2.17. The lowest BCUT2D eigenvalue weighted by molar-refractivity contribution is -0.118. The molecule has 2 rings (SSSR count). The van der Waals surface area contributed by atoms with Crippen LogP contribution in [-0.2, 0) is 4.79 Å². The van der Waals surface area contributed by atoms with E-state index in [0.29, 0.717) is 6.42 Å². The third kappa shape index (κ3) is 3.89. The fourth-order valence-corrected chi connectivity index (χ4v) is 3.71. The van der Waals surface area contributed by atoms with E-state index in [9.17, 15) is 9.59 Å². The summed E-state index contributed by atoms with van der Waals surface area (Å²) in [6.07, 6.45) is 4.71. The van der Waals surface area contributed by atoms with Crippen LogP contribution >= 0.6 is 27.3 Å². The summed E-state index contributed by atoms with van der Waals surface area (Å²) in [6.45, 7) is 2.37. The Labute approximate surface area is 126 Å². The second kappa shape index (κ2) is 6.66. The molecule has 1 amide bonds. The van der Waals surface area contributed by atoms with E-state index in [-0.39, 0.29) is 17.7 Å². The molecule has 0 bridgehead atoms. The van der Waals surface area contributed by atoms with Crippen molar-refractivity contribution < 1.29 is 9.59 Å². The van der Waals surface area contributed by atoms with Gasteiger partial charge in [0.1, 0.15) is 5.78 Å². The number of carbonyl (C=O) groups is 2. The van der Waals surface area contributed by atoms with Gasteiger partial charge in [0.25, 0.3) is 5.91 Å². The maximum absolute atomic E-state index is 12.6. The molecule has 1 aliphatic heterocycles. The largest absolute Gasteiger partial charge is 0.335 e. The van der Waals surface area contributed by atoms with Gasteiger partial charge < -0.3 is 4.90 Å². The van der Waals surface area contributed by atoms with E-state index in [2.05, 4.69) is 15.9 Å². The Kier molecular flexibility index (Phi) is 5.16. The third-order valence-electron chi connectivity index (χ3n) is 3.48. The summed E-state index contributed by atoms with van der Waals surface area (Å²) in [4.78, 5) is 25.9. The van der Waals surface area contributed by atoms with Crippen LogP contribution in [0, 0.1) is 0 Å². The highest BCUT2D eigenvalue weighted by atomic mass is 79.9. The average Bonchev–Trinajstić information content (AvgIpc) is 2.65. The van der Waals surface area contributed by atoms with Crippen LogP contribution in [0.5, 0.6) is 0 Å². The molecule has 1 aliphatic rings. The minimum atomic E-state index is 0.0649. The quantitative estimate of drug-likeness (QED) is 0.835. The normalized spacial score (nSPS) is 20.1. The molecule has 1 unspecified atom stereocenters. The van der Waals surface area contributed by atoms with Crippen LogP contribution in [0.15, 0.2) is 15.2 Å². The highest BCUT2D eigenvalue weighted by Gasteiger charge is 2.27. The number of hydrogen-bond acceptors (Lipinski definition) is 3. The van der Waals surface area contributed by atoms with Crippen LogP contribution in [0.4, 0.5) is 0 Å². The molecule has 19 heavy (non-hydrogen) atoms. The van der Waals surface area contributed by atoms with Gasteiger partial charge in [-0.1, -0.05) is 12.8 Å². The molecule has 1 aromatic rings. The minimum Gasteiger partial charge on any atom is -0.335 e. The number of rotatable bonds is 3. The molecule has 0 radical (unpaired) electrons. The zero-order valence-electron chi connectivity index (χ0n) is 11.0. The average molecular weight is 344 g/mol. The molecule has 0 aromatic carbocycles. The first-order valence-corrected chi connectivity index (χ1v) is 8.29. The molecule has 2 heterocycles. The van der Waals surface area contributed by atoms with Gasteiger partial charge in [0.2, 0.25) is 0 Å². The van der Waals surface area contributed by atoms with Gasteiger partial charge in [-0.05, 0) is 41.8 Å². The molecule has 0 saturated carbocycles. The second-order valence-corrected chi connectivity index (χ2v) is 7.34. The van der Waals surface area contributed by atoms with E-state index in [1.165, 1.54) is 11.3 Å². The predicted molar refractivity (Wildman–Crippen MR) is 80.6 cm³/mol. The van der Waals surface area contributed by atoms with Gasteiger partial charge in [-0.15, -0.1) is 11.3 Å². The van der Waals surface area contributed by atoms with Gasteiger partial charge in [-0.25, -0.2) is 0 Å². The molecule has 0 spiro atoms. The van der Waals surface area contributed by atoms with Gasteiger partial charge >= 0.3 is 0 Å². The van der Waals surface area contributed by atoms with Crippen molar-refractivity contribution in [2.45, 2.75) is 45.1 Å². The smallest absolute Gasteiger partial charge is 0.254 e. The zero-order chi connectivity index (χ0) is 13.8. The fraction of sp³-hybridized carbons (Fsp3) is 0.571. The molecule has 104 valence electrons. The van der Waals surface area contributed by atoms with Crippen molar-refractivity contribution in [3.63, 3.8) is 0 Å². The van der Waals surface area contributed by atoms with Gasteiger partial charge in [0.05, 0.1) is 9.35 Å². The van der Waals surface area contributed by atoms with Crippen molar-refractivity contribution in [2.75, 3.05) is 6.54 Å². The molecule has 1 saturated heterocycles. The summed E-state index contributed by atoms with van der Waals surface area (Å²) >= 11 is 4.91. The lowest BCUT2D eigenvalue weighted by Gasteiger charge is -2.29. The first kappa shape index (κ1) is 14.7. The molecule has 5 heteroatoms. The first-order valence-electron chi connectivity index (χ1n) is 6.62. The number of carbonyl (C=O) groups excluding carboxylic acids is 2. The van der Waals surface area contributed by atoms with E-state index in [1.54, 1.807) is 6.92 Å². The molecule has 1 atom stereocenters. The van der Waals surface area contributed by atoms with Crippen molar-refractivity contribution in [1.29, 1.82) is 0 Å². The summed E-state index contributed by atoms with van der Waals surface area (Å²) in [5.41, 5.74) is 0.729. The van der Waals surface area contributed by atoms with E-state index in [1.807, 2.05) is 16.3 Å². The van der Waals surface area contributed by atoms with Gasteiger partial charge in [0, 0.05) is 24.4 Å². The summed E-state index contributed by atoms with van der Waals surface area (Å²) in [5, 5.41) is 1.88. The number of hydrogen-bond donors (Lipinski definition) is 0. The number of ketones is 1. The molecule has 1 fully saturated rings. The Bertz CT molecular complexity index is 472. The van der Waals surface area contributed by atoms with Crippen LogP contribution in [0.2, 0.25) is 0 Å². The van der Waals surface area contributed by atoms with E-state index < -0.39 is 0 Å². The molecule has 3 nitrogen and oxygen atoms in total. The zero-order valence-corrected chi connectivity index (χ0v) is 13.4. The van der Waals surface area contributed by atoms with Crippen molar-refractivity contribution in [2.24, 2.45) is 0 Å². The number of thiophene rings is 1. The Hall–Kier alpha value is -0.680. The number of halogens is 1. The lowest BCUT2D eigenvalue weighted by Crippen LogP contribution is -2.40. The van der Waals surface area contributed by atoms with Crippen LogP contribution in [0.1, 0.15) is 49.4 Å². The third-order valence-corrected chi connectivity index (χ3v) is 4.98. The van der Waals surface area contributed by atoms with Gasteiger partial charge in [-0.3, -0.25) is 9.59 Å². The van der Waals surface area contributed by atoms with E-state index in [4.69, 9.17) is 0 Å². The number of amides is 1. The summed E-state index contributed by atoms with van der Waals surface area (Å²) in [5.74, 6) is 0.228. The highest BCUT2D eigenvalue weighted by Crippen LogP contribution is 2.25. The standard InChI is InChI=1S/C14H18BrNO2S/c1-10(17)7-12-5-3-2-4-6-16(12)14(18)11-8-13(15)19-9-11/h8-9,12H,2-7H2,1H3. The molecular formula is C14H18BrNO2S. The first-order chi connectivity index (χ1) is 9.08. The fourth-order valence-electron chi connectivity index (χ4n) is 2.58. The topological polar surface area (TPSA) is 37.4 Å². The van der Waals surface area contributed by atoms with Crippen molar-refractivity contribution >= 4 is 39.0 Å². The summed E-state index contributed by atoms with van der Waals surface area (Å²) < 4.78 is 0.966. The number of likely N-dealkylation sites (tertiary alicyclic amines) is 1. The Morgan fingerprint density at radius 1 is 1.42 bits per heavy atom. The highest BCUT2D eigenvalue weighted by molar-refractivity contribution is 9.11. The van der Waals surface area contributed by atoms with Crippen LogP contribution in [-0.4, -0.2) is 29.2 Å². The van der Waals surface area contributed by atoms with Crippen LogP contribution in [0.25, 0.3) is 0 Å². The predicted octanol–water partition coefficient (Wildman–Crippen LogP) is 3.87. The number of Topliss-reactive ketones (excluding diaryl/α,β-unsaturated/α-hetero) is 1. The Morgan fingerprint density at radius 3 is 2.84 bits per heavy atom. The van der Waals surface area contributed by atoms with Crippen molar-refractivity contribution in [3.8, 4) is 0 Å². The van der Waals surface area contributed by atoms with Crippen LogP contribution in [0.3, 0.4) is 0 Å². The molecule has 0 N–H and O–H groups in total. The lowest BCUT2D eigenvalue weighted by atomic mass is 10.0. The Morgan fingerprint density at radius 2 is 2.21 bits per heavy atom. The molecular weight excluding hydrogens is 326 g/mol. The minimum absolute atomic E-state index is 0.0649. The summed E-state index contributed by atoms with van der Waals surface area (Å²) in [7, 11) is 0. The monoisotopic (exact) mass is 343 g/mol.